The lowest BCUT2D eigenvalue weighted by Gasteiger charge is -2.14. The fourth-order valence-electron chi connectivity index (χ4n) is 2.15. The van der Waals surface area contributed by atoms with Crippen LogP contribution < -0.4 is 10.6 Å². The molecule has 0 aliphatic carbocycles. The maximum atomic E-state index is 4.68. The summed E-state index contributed by atoms with van der Waals surface area (Å²) in [6.07, 6.45) is 2.36. The SMILES string of the molecule is CCCCNC(=NCc1cccc(CN(C)CC)c1)NCC. The first-order valence-electron chi connectivity index (χ1n) is 8.48. The highest BCUT2D eigenvalue weighted by molar-refractivity contribution is 5.79. The molecule has 1 rings (SSSR count). The number of aliphatic imine (C=N–C) groups is 1. The quantitative estimate of drug-likeness (QED) is 0.418. The van der Waals surface area contributed by atoms with E-state index in [4.69, 9.17) is 0 Å². The van der Waals surface area contributed by atoms with E-state index in [2.05, 4.69) is 72.6 Å². The maximum absolute atomic E-state index is 4.68. The molecule has 0 aliphatic heterocycles. The second-order valence-electron chi connectivity index (χ2n) is 5.63. The molecular weight excluding hydrogens is 272 g/mol. The van der Waals surface area contributed by atoms with Crippen LogP contribution in [-0.4, -0.2) is 37.5 Å². The fraction of sp³-hybridized carbons (Fsp3) is 0.611. The van der Waals surface area contributed by atoms with Crippen molar-refractivity contribution in [3.8, 4) is 0 Å². The first-order chi connectivity index (χ1) is 10.7. The number of unbranched alkanes of at least 4 members (excludes halogenated alkanes) is 1. The van der Waals surface area contributed by atoms with Crippen LogP contribution in [0.15, 0.2) is 29.3 Å². The predicted molar refractivity (Wildman–Crippen MR) is 96.2 cm³/mol. The molecule has 0 saturated heterocycles. The molecule has 0 radical (unpaired) electrons. The third kappa shape index (κ3) is 7.46. The number of hydrogen-bond donors (Lipinski definition) is 2. The van der Waals surface area contributed by atoms with Crippen LogP contribution >= 0.6 is 0 Å². The van der Waals surface area contributed by atoms with E-state index in [9.17, 15) is 0 Å². The molecule has 124 valence electrons. The monoisotopic (exact) mass is 304 g/mol. The van der Waals surface area contributed by atoms with Crippen molar-refractivity contribution in [3.63, 3.8) is 0 Å². The summed E-state index contributed by atoms with van der Waals surface area (Å²) in [5, 5.41) is 6.68. The van der Waals surface area contributed by atoms with Gasteiger partial charge < -0.3 is 15.5 Å². The Morgan fingerprint density at radius 3 is 2.59 bits per heavy atom. The Bertz CT molecular complexity index is 442. The van der Waals surface area contributed by atoms with E-state index in [0.717, 1.165) is 32.1 Å². The lowest BCUT2D eigenvalue weighted by atomic mass is 10.1. The molecule has 22 heavy (non-hydrogen) atoms. The van der Waals surface area contributed by atoms with Gasteiger partial charge in [-0.1, -0.05) is 44.5 Å². The smallest absolute Gasteiger partial charge is 0.191 e. The first-order valence-corrected chi connectivity index (χ1v) is 8.48. The van der Waals surface area contributed by atoms with E-state index in [1.807, 2.05) is 0 Å². The highest BCUT2D eigenvalue weighted by Gasteiger charge is 2.00. The molecule has 0 bridgehead atoms. The summed E-state index contributed by atoms with van der Waals surface area (Å²) in [5.41, 5.74) is 2.61. The molecule has 0 saturated carbocycles. The number of nitrogens with one attached hydrogen (secondary N) is 2. The van der Waals surface area contributed by atoms with Crippen molar-refractivity contribution in [1.82, 2.24) is 15.5 Å². The fourth-order valence-corrected chi connectivity index (χ4v) is 2.15. The van der Waals surface area contributed by atoms with Crippen LogP contribution in [0, 0.1) is 0 Å². The van der Waals surface area contributed by atoms with Gasteiger partial charge in [0.2, 0.25) is 0 Å². The van der Waals surface area contributed by atoms with Gasteiger partial charge in [0.1, 0.15) is 0 Å². The molecule has 0 aromatic heterocycles. The van der Waals surface area contributed by atoms with E-state index in [1.165, 1.54) is 24.0 Å². The zero-order chi connectivity index (χ0) is 16.2. The van der Waals surface area contributed by atoms with Gasteiger partial charge in [0.25, 0.3) is 0 Å². The third-order valence-corrected chi connectivity index (χ3v) is 3.57. The summed E-state index contributed by atoms with van der Waals surface area (Å²) in [7, 11) is 2.14. The van der Waals surface area contributed by atoms with Crippen LogP contribution in [0.5, 0.6) is 0 Å². The Morgan fingerprint density at radius 1 is 1.14 bits per heavy atom. The summed E-state index contributed by atoms with van der Waals surface area (Å²) in [5.74, 6) is 0.909. The van der Waals surface area contributed by atoms with Gasteiger partial charge in [-0.25, -0.2) is 4.99 Å². The van der Waals surface area contributed by atoms with Crippen molar-refractivity contribution in [2.45, 2.75) is 46.7 Å². The second-order valence-corrected chi connectivity index (χ2v) is 5.63. The van der Waals surface area contributed by atoms with E-state index in [0.29, 0.717) is 6.54 Å². The topological polar surface area (TPSA) is 39.7 Å². The van der Waals surface area contributed by atoms with E-state index in [-0.39, 0.29) is 0 Å². The highest BCUT2D eigenvalue weighted by atomic mass is 15.2. The summed E-state index contributed by atoms with van der Waals surface area (Å²) in [6.45, 7) is 11.1. The summed E-state index contributed by atoms with van der Waals surface area (Å²) < 4.78 is 0. The van der Waals surface area contributed by atoms with Gasteiger partial charge in [-0.2, -0.15) is 0 Å². The summed E-state index contributed by atoms with van der Waals surface area (Å²) >= 11 is 0. The van der Waals surface area contributed by atoms with Crippen molar-refractivity contribution in [3.05, 3.63) is 35.4 Å². The summed E-state index contributed by atoms with van der Waals surface area (Å²) in [6, 6.07) is 8.71. The van der Waals surface area contributed by atoms with Gasteiger partial charge in [0, 0.05) is 19.6 Å². The van der Waals surface area contributed by atoms with Gasteiger partial charge >= 0.3 is 0 Å². The second kappa shape index (κ2) is 11.1. The minimum absolute atomic E-state index is 0.713. The normalized spacial score (nSPS) is 11.8. The highest BCUT2D eigenvalue weighted by Crippen LogP contribution is 2.08. The van der Waals surface area contributed by atoms with Crippen LogP contribution in [0.4, 0.5) is 0 Å². The average Bonchev–Trinajstić information content (AvgIpc) is 2.53. The van der Waals surface area contributed by atoms with Gasteiger partial charge in [-0.15, -0.1) is 0 Å². The molecule has 4 heteroatoms. The maximum Gasteiger partial charge on any atom is 0.191 e. The van der Waals surface area contributed by atoms with Crippen molar-refractivity contribution in [2.75, 3.05) is 26.7 Å². The molecule has 0 heterocycles. The summed E-state index contributed by atoms with van der Waals surface area (Å²) in [4.78, 5) is 6.98. The van der Waals surface area contributed by atoms with Gasteiger partial charge in [0.15, 0.2) is 5.96 Å². The van der Waals surface area contributed by atoms with Crippen LogP contribution in [-0.2, 0) is 13.1 Å². The van der Waals surface area contributed by atoms with Gasteiger partial charge in [-0.05, 0) is 38.1 Å². The Labute approximate surface area is 136 Å². The van der Waals surface area contributed by atoms with Gasteiger partial charge in [-0.3, -0.25) is 0 Å². The number of nitrogens with zero attached hydrogens (tertiary/aromatic N) is 2. The first kappa shape index (κ1) is 18.5. The Morgan fingerprint density at radius 2 is 1.91 bits per heavy atom. The van der Waals surface area contributed by atoms with Crippen LogP contribution in [0.25, 0.3) is 0 Å². The van der Waals surface area contributed by atoms with Crippen molar-refractivity contribution in [1.29, 1.82) is 0 Å². The zero-order valence-corrected chi connectivity index (χ0v) is 14.7. The average molecular weight is 304 g/mol. The molecule has 4 nitrogen and oxygen atoms in total. The minimum atomic E-state index is 0.713. The lowest BCUT2D eigenvalue weighted by molar-refractivity contribution is 0.345. The number of benzene rings is 1. The van der Waals surface area contributed by atoms with Crippen molar-refractivity contribution < 1.29 is 0 Å². The Balaban J connectivity index is 2.62. The molecule has 0 unspecified atom stereocenters. The zero-order valence-electron chi connectivity index (χ0n) is 14.7. The van der Waals surface area contributed by atoms with E-state index in [1.54, 1.807) is 0 Å². The van der Waals surface area contributed by atoms with E-state index >= 15 is 0 Å². The molecule has 2 N–H and O–H groups in total. The predicted octanol–water partition coefficient (Wildman–Crippen LogP) is 2.99. The lowest BCUT2D eigenvalue weighted by Crippen LogP contribution is -2.37. The largest absolute Gasteiger partial charge is 0.357 e. The number of rotatable bonds is 9. The molecule has 0 spiro atoms. The molecule has 1 aromatic carbocycles. The van der Waals surface area contributed by atoms with Crippen molar-refractivity contribution in [2.24, 2.45) is 4.99 Å². The molecule has 1 aromatic rings. The Kier molecular flexibility index (Phi) is 9.31. The molecular formula is C18H32N4. The third-order valence-electron chi connectivity index (χ3n) is 3.57. The molecule has 0 fully saturated rings. The van der Waals surface area contributed by atoms with Crippen LogP contribution in [0.1, 0.15) is 44.7 Å². The number of guanidine groups is 1. The van der Waals surface area contributed by atoms with Gasteiger partial charge in [0.05, 0.1) is 6.54 Å². The van der Waals surface area contributed by atoms with Crippen LogP contribution in [0.2, 0.25) is 0 Å². The standard InChI is InChI=1S/C18H32N4/c1-5-8-12-20-18(19-6-2)21-14-16-10-9-11-17(13-16)15-22(4)7-3/h9-11,13H,5-8,12,14-15H2,1-4H3,(H2,19,20,21). The molecule has 0 aliphatic rings. The van der Waals surface area contributed by atoms with Crippen molar-refractivity contribution >= 4 is 5.96 Å². The number of hydrogen-bond acceptors (Lipinski definition) is 2. The van der Waals surface area contributed by atoms with E-state index < -0.39 is 0 Å². The Hall–Kier alpha value is -1.55. The minimum Gasteiger partial charge on any atom is -0.357 e. The molecule has 0 atom stereocenters. The van der Waals surface area contributed by atoms with Crippen LogP contribution in [0.3, 0.4) is 0 Å². The molecule has 0 amide bonds.